The quantitative estimate of drug-likeness (QED) is 0.754. The molecule has 0 aliphatic carbocycles. The summed E-state index contributed by atoms with van der Waals surface area (Å²) >= 11 is 0. The first kappa shape index (κ1) is 14.4. The van der Waals surface area contributed by atoms with Crippen molar-refractivity contribution in [1.82, 2.24) is 20.2 Å². The van der Waals surface area contributed by atoms with Crippen molar-refractivity contribution < 1.29 is 14.7 Å². The van der Waals surface area contributed by atoms with E-state index in [4.69, 9.17) is 5.11 Å². The van der Waals surface area contributed by atoms with Gasteiger partial charge in [-0.25, -0.2) is 9.78 Å². The summed E-state index contributed by atoms with van der Waals surface area (Å²) in [4.78, 5) is 31.4. The Morgan fingerprint density at radius 2 is 2.40 bits per heavy atom. The third-order valence-corrected chi connectivity index (χ3v) is 3.53. The first-order chi connectivity index (χ1) is 9.65. The van der Waals surface area contributed by atoms with Crippen LogP contribution in [-0.4, -0.2) is 45.1 Å². The molecule has 1 aromatic rings. The predicted molar refractivity (Wildman–Crippen MR) is 72.0 cm³/mol. The molecule has 7 heteroatoms. The number of urea groups is 1. The molecule has 0 radical (unpaired) electrons. The Labute approximate surface area is 117 Å². The van der Waals surface area contributed by atoms with Crippen LogP contribution < -0.4 is 5.32 Å². The van der Waals surface area contributed by atoms with E-state index in [2.05, 4.69) is 15.3 Å². The minimum Gasteiger partial charge on any atom is -0.481 e. The van der Waals surface area contributed by atoms with Crippen LogP contribution in [0.3, 0.4) is 0 Å². The molecule has 1 unspecified atom stereocenters. The topological polar surface area (TPSA) is 98.3 Å². The largest absolute Gasteiger partial charge is 0.481 e. The number of carboxylic acid groups (broad SMARTS) is 1. The van der Waals surface area contributed by atoms with Crippen molar-refractivity contribution in [1.29, 1.82) is 0 Å². The monoisotopic (exact) mass is 280 g/mol. The maximum Gasteiger partial charge on any atom is 0.317 e. The Kier molecular flexibility index (Phi) is 4.97. The van der Waals surface area contributed by atoms with Crippen LogP contribution in [0.2, 0.25) is 0 Å². The summed E-state index contributed by atoms with van der Waals surface area (Å²) in [6.07, 6.45) is 6.09. The fourth-order valence-corrected chi connectivity index (χ4v) is 2.48. The first-order valence-electron chi connectivity index (χ1n) is 6.88. The van der Waals surface area contributed by atoms with Gasteiger partial charge in [0.15, 0.2) is 0 Å². The molecule has 3 N–H and O–H groups in total. The Morgan fingerprint density at radius 3 is 3.10 bits per heavy atom. The maximum atomic E-state index is 12.0. The molecule has 0 spiro atoms. The number of likely N-dealkylation sites (tertiary alicyclic amines) is 1. The third-order valence-electron chi connectivity index (χ3n) is 3.53. The third kappa shape index (κ3) is 4.25. The summed E-state index contributed by atoms with van der Waals surface area (Å²) in [6, 6.07) is -0.110. The van der Waals surface area contributed by atoms with Crippen molar-refractivity contribution >= 4 is 12.0 Å². The van der Waals surface area contributed by atoms with Gasteiger partial charge in [-0.15, -0.1) is 0 Å². The SMILES string of the molecule is O=C(O)CCC1CCCN(C(=O)NCc2ncc[nH]2)C1. The number of nitrogens with one attached hydrogen (secondary N) is 2. The van der Waals surface area contributed by atoms with E-state index < -0.39 is 5.97 Å². The lowest BCUT2D eigenvalue weighted by molar-refractivity contribution is -0.137. The van der Waals surface area contributed by atoms with E-state index in [0.29, 0.717) is 19.5 Å². The molecule has 1 atom stereocenters. The average Bonchev–Trinajstić information content (AvgIpc) is 2.96. The molecule has 1 fully saturated rings. The molecular weight excluding hydrogens is 260 g/mol. The lowest BCUT2D eigenvalue weighted by Crippen LogP contribution is -2.45. The highest BCUT2D eigenvalue weighted by Gasteiger charge is 2.23. The van der Waals surface area contributed by atoms with Gasteiger partial charge in [-0.05, 0) is 25.2 Å². The Hall–Kier alpha value is -2.05. The molecular formula is C13H20N4O3. The molecule has 1 aliphatic rings. The normalized spacial score (nSPS) is 18.8. The molecule has 110 valence electrons. The number of aromatic amines is 1. The number of imidazole rings is 1. The lowest BCUT2D eigenvalue weighted by atomic mass is 9.93. The van der Waals surface area contributed by atoms with Crippen LogP contribution in [0.1, 0.15) is 31.5 Å². The highest BCUT2D eigenvalue weighted by Crippen LogP contribution is 2.20. The molecule has 2 amide bonds. The Balaban J connectivity index is 1.76. The standard InChI is InChI=1S/C13H20N4O3/c18-12(19)4-3-10-2-1-7-17(9-10)13(20)16-8-11-14-5-6-15-11/h5-6,10H,1-4,7-9H2,(H,14,15)(H,16,20)(H,18,19). The summed E-state index contributed by atoms with van der Waals surface area (Å²) < 4.78 is 0. The minimum atomic E-state index is -0.774. The summed E-state index contributed by atoms with van der Waals surface area (Å²) in [5.41, 5.74) is 0. The molecule has 2 heterocycles. The number of piperidine rings is 1. The zero-order chi connectivity index (χ0) is 14.4. The van der Waals surface area contributed by atoms with E-state index in [1.54, 1.807) is 17.3 Å². The van der Waals surface area contributed by atoms with Crippen LogP contribution in [0.15, 0.2) is 12.4 Å². The number of hydrogen-bond donors (Lipinski definition) is 3. The Morgan fingerprint density at radius 1 is 1.55 bits per heavy atom. The van der Waals surface area contributed by atoms with Gasteiger partial charge in [0.25, 0.3) is 0 Å². The van der Waals surface area contributed by atoms with Gasteiger partial charge in [0.2, 0.25) is 0 Å². The van der Waals surface area contributed by atoms with Crippen molar-refractivity contribution in [2.45, 2.75) is 32.2 Å². The number of carbonyl (C=O) groups is 2. The van der Waals surface area contributed by atoms with Gasteiger partial charge in [0.1, 0.15) is 5.82 Å². The average molecular weight is 280 g/mol. The Bertz CT molecular complexity index is 446. The minimum absolute atomic E-state index is 0.110. The van der Waals surface area contributed by atoms with E-state index in [0.717, 1.165) is 25.2 Å². The van der Waals surface area contributed by atoms with Crippen LogP contribution in [0.4, 0.5) is 4.79 Å². The highest BCUT2D eigenvalue weighted by atomic mass is 16.4. The number of hydrogen-bond acceptors (Lipinski definition) is 3. The zero-order valence-corrected chi connectivity index (χ0v) is 11.3. The van der Waals surface area contributed by atoms with Crippen LogP contribution in [0.25, 0.3) is 0 Å². The molecule has 7 nitrogen and oxygen atoms in total. The van der Waals surface area contributed by atoms with E-state index in [9.17, 15) is 9.59 Å². The molecule has 20 heavy (non-hydrogen) atoms. The number of carbonyl (C=O) groups excluding carboxylic acids is 1. The fraction of sp³-hybridized carbons (Fsp3) is 0.615. The van der Waals surface area contributed by atoms with Gasteiger partial charge in [-0.2, -0.15) is 0 Å². The van der Waals surface area contributed by atoms with Crippen LogP contribution >= 0.6 is 0 Å². The van der Waals surface area contributed by atoms with Gasteiger partial charge >= 0.3 is 12.0 Å². The van der Waals surface area contributed by atoms with E-state index in [-0.39, 0.29) is 18.4 Å². The van der Waals surface area contributed by atoms with Gasteiger partial charge in [-0.3, -0.25) is 4.79 Å². The summed E-state index contributed by atoms with van der Waals surface area (Å²) in [5.74, 6) is 0.233. The molecule has 1 saturated heterocycles. The number of carboxylic acids is 1. The second-order valence-electron chi connectivity index (χ2n) is 5.08. The molecule has 2 rings (SSSR count). The first-order valence-corrected chi connectivity index (χ1v) is 6.88. The predicted octanol–water partition coefficient (Wildman–Crippen LogP) is 1.20. The second kappa shape index (κ2) is 6.93. The number of rotatable bonds is 5. The summed E-state index contributed by atoms with van der Waals surface area (Å²) in [6.45, 7) is 1.74. The number of amides is 2. The van der Waals surface area contributed by atoms with Gasteiger partial charge in [-0.1, -0.05) is 0 Å². The number of aromatic nitrogens is 2. The van der Waals surface area contributed by atoms with Crippen molar-refractivity contribution in [2.24, 2.45) is 5.92 Å². The highest BCUT2D eigenvalue weighted by molar-refractivity contribution is 5.74. The van der Waals surface area contributed by atoms with E-state index >= 15 is 0 Å². The molecule has 1 aliphatic heterocycles. The van der Waals surface area contributed by atoms with Gasteiger partial charge in [0, 0.05) is 31.9 Å². The molecule has 0 saturated carbocycles. The smallest absolute Gasteiger partial charge is 0.317 e. The van der Waals surface area contributed by atoms with Crippen LogP contribution in [0, 0.1) is 5.92 Å². The van der Waals surface area contributed by atoms with Crippen molar-refractivity contribution in [3.05, 3.63) is 18.2 Å². The maximum absolute atomic E-state index is 12.0. The summed E-state index contributed by atoms with van der Waals surface area (Å²) in [5, 5.41) is 11.5. The van der Waals surface area contributed by atoms with Crippen molar-refractivity contribution in [2.75, 3.05) is 13.1 Å². The molecule has 1 aromatic heterocycles. The van der Waals surface area contributed by atoms with Crippen molar-refractivity contribution in [3.63, 3.8) is 0 Å². The fourth-order valence-electron chi connectivity index (χ4n) is 2.48. The number of aliphatic carboxylic acids is 1. The van der Waals surface area contributed by atoms with Crippen LogP contribution in [0.5, 0.6) is 0 Å². The van der Waals surface area contributed by atoms with Gasteiger partial charge in [0.05, 0.1) is 6.54 Å². The van der Waals surface area contributed by atoms with E-state index in [1.807, 2.05) is 0 Å². The molecule has 0 aromatic carbocycles. The van der Waals surface area contributed by atoms with E-state index in [1.165, 1.54) is 0 Å². The molecule has 0 bridgehead atoms. The second-order valence-corrected chi connectivity index (χ2v) is 5.08. The van der Waals surface area contributed by atoms with Crippen molar-refractivity contribution in [3.8, 4) is 0 Å². The van der Waals surface area contributed by atoms with Gasteiger partial charge < -0.3 is 20.3 Å². The number of nitrogens with zero attached hydrogens (tertiary/aromatic N) is 2. The zero-order valence-electron chi connectivity index (χ0n) is 11.3. The van der Waals surface area contributed by atoms with Crippen LogP contribution in [-0.2, 0) is 11.3 Å². The summed E-state index contributed by atoms with van der Waals surface area (Å²) in [7, 11) is 0. The lowest BCUT2D eigenvalue weighted by Gasteiger charge is -2.32. The number of H-pyrrole nitrogens is 1.